The van der Waals surface area contributed by atoms with Crippen molar-refractivity contribution in [3.8, 4) is 0 Å². The van der Waals surface area contributed by atoms with Gasteiger partial charge in [0.2, 0.25) is 5.91 Å². The van der Waals surface area contributed by atoms with Gasteiger partial charge < -0.3 is 23.8 Å². The van der Waals surface area contributed by atoms with Gasteiger partial charge in [-0.25, -0.2) is 9.59 Å². The standard InChI is InChI=1S/C20H29NO7S/c1-6-9-25-19(23)14(8-3)27-11-15-12(4)21-17(22)16(18(21)29-15)13(5)28-20(24)26-10-7-2/h6-7,12-16,18H,1-2,8-11H2,3-5H3/t12?,13-,14?,15?,16+,18-/m1/s1. The topological polar surface area (TPSA) is 91.4 Å². The molecule has 162 valence electrons. The molecule has 2 heterocycles. The fourth-order valence-corrected chi connectivity index (χ4v) is 5.17. The summed E-state index contributed by atoms with van der Waals surface area (Å²) in [7, 11) is 0. The Hall–Kier alpha value is -2.00. The number of carbonyl (C=O) groups is 3. The number of amides is 1. The number of hydrogen-bond donors (Lipinski definition) is 0. The van der Waals surface area contributed by atoms with Crippen LogP contribution in [0.25, 0.3) is 0 Å². The first kappa shape index (κ1) is 23.3. The highest BCUT2D eigenvalue weighted by Gasteiger charge is 2.59. The SMILES string of the molecule is C=CCOC(=O)O[C@H](C)[C@H]1C(=O)N2C(C)C(COC(CC)C(=O)OCC=C)S[C@H]12. The molecule has 0 aromatic heterocycles. The summed E-state index contributed by atoms with van der Waals surface area (Å²) >= 11 is 1.60. The van der Waals surface area contributed by atoms with Crippen molar-refractivity contribution in [2.45, 2.75) is 56.1 Å². The lowest BCUT2D eigenvalue weighted by atomic mass is 9.91. The summed E-state index contributed by atoms with van der Waals surface area (Å²) in [6.45, 7) is 13.0. The number of β-lactam (4-membered cyclic amide) rings is 1. The molecule has 1 amide bonds. The molecule has 2 saturated heterocycles. The lowest BCUT2D eigenvalue weighted by molar-refractivity contribution is -0.161. The highest BCUT2D eigenvalue weighted by Crippen LogP contribution is 2.49. The third kappa shape index (κ3) is 5.33. The van der Waals surface area contributed by atoms with Gasteiger partial charge in [-0.2, -0.15) is 0 Å². The van der Waals surface area contributed by atoms with E-state index in [9.17, 15) is 14.4 Å². The summed E-state index contributed by atoms with van der Waals surface area (Å²) in [5, 5.41) is -0.0868. The number of fused-ring (bicyclic) bond motifs is 1. The molecule has 0 aromatic carbocycles. The van der Waals surface area contributed by atoms with Crippen molar-refractivity contribution in [3.05, 3.63) is 25.3 Å². The van der Waals surface area contributed by atoms with Gasteiger partial charge in [0.1, 0.15) is 25.2 Å². The number of carbonyl (C=O) groups excluding carboxylic acids is 3. The van der Waals surface area contributed by atoms with Crippen LogP contribution in [0.3, 0.4) is 0 Å². The van der Waals surface area contributed by atoms with E-state index in [1.807, 2.05) is 13.8 Å². The van der Waals surface area contributed by atoms with Crippen molar-refractivity contribution in [3.63, 3.8) is 0 Å². The molecule has 0 saturated carbocycles. The van der Waals surface area contributed by atoms with Crippen molar-refractivity contribution in [2.75, 3.05) is 19.8 Å². The van der Waals surface area contributed by atoms with E-state index in [0.717, 1.165) is 0 Å². The summed E-state index contributed by atoms with van der Waals surface area (Å²) < 4.78 is 20.9. The molecule has 0 bridgehead atoms. The molecule has 9 heteroatoms. The van der Waals surface area contributed by atoms with Crippen molar-refractivity contribution < 1.29 is 33.3 Å². The van der Waals surface area contributed by atoms with Gasteiger partial charge in [-0.1, -0.05) is 32.2 Å². The van der Waals surface area contributed by atoms with E-state index in [4.69, 9.17) is 18.9 Å². The van der Waals surface area contributed by atoms with Gasteiger partial charge in [-0.3, -0.25) is 4.79 Å². The molecule has 2 rings (SSSR count). The zero-order chi connectivity index (χ0) is 21.6. The first-order valence-corrected chi connectivity index (χ1v) is 10.6. The van der Waals surface area contributed by atoms with Crippen LogP contribution >= 0.6 is 11.8 Å². The summed E-state index contributed by atoms with van der Waals surface area (Å²) in [5.74, 6) is -0.900. The lowest BCUT2D eigenvalue weighted by Gasteiger charge is -2.45. The molecule has 8 nitrogen and oxygen atoms in total. The van der Waals surface area contributed by atoms with Gasteiger partial charge in [0, 0.05) is 6.04 Å². The Morgan fingerprint density at radius 2 is 1.90 bits per heavy atom. The second-order valence-electron chi connectivity index (χ2n) is 6.90. The maximum atomic E-state index is 12.6. The third-order valence-electron chi connectivity index (χ3n) is 4.96. The molecule has 0 radical (unpaired) electrons. The van der Waals surface area contributed by atoms with Crippen LogP contribution in [-0.2, 0) is 28.5 Å². The molecule has 2 aliphatic rings. The van der Waals surface area contributed by atoms with Crippen LogP contribution in [0.15, 0.2) is 25.3 Å². The molecule has 2 fully saturated rings. The average Bonchev–Trinajstić information content (AvgIpc) is 2.96. The molecule has 0 spiro atoms. The van der Waals surface area contributed by atoms with Crippen molar-refractivity contribution >= 4 is 29.8 Å². The minimum absolute atomic E-state index is 0.00937. The zero-order valence-electron chi connectivity index (χ0n) is 17.1. The Labute approximate surface area is 175 Å². The monoisotopic (exact) mass is 427 g/mol. The second-order valence-corrected chi connectivity index (χ2v) is 8.26. The molecule has 0 N–H and O–H groups in total. The maximum Gasteiger partial charge on any atom is 0.508 e. The van der Waals surface area contributed by atoms with Crippen LogP contribution in [0.5, 0.6) is 0 Å². The van der Waals surface area contributed by atoms with E-state index >= 15 is 0 Å². The molecule has 0 aliphatic carbocycles. The molecule has 0 aromatic rings. The minimum atomic E-state index is -0.816. The van der Waals surface area contributed by atoms with E-state index in [-0.39, 0.29) is 35.8 Å². The molecular formula is C20H29NO7S. The number of hydrogen-bond acceptors (Lipinski definition) is 8. The quantitative estimate of drug-likeness (QED) is 0.282. The Bertz CT molecular complexity index is 640. The Morgan fingerprint density at radius 1 is 1.24 bits per heavy atom. The average molecular weight is 428 g/mol. The zero-order valence-corrected chi connectivity index (χ0v) is 17.9. The number of thioether (sulfide) groups is 1. The fraction of sp³-hybridized carbons (Fsp3) is 0.650. The van der Waals surface area contributed by atoms with Crippen LogP contribution < -0.4 is 0 Å². The van der Waals surface area contributed by atoms with Crippen LogP contribution in [0.2, 0.25) is 0 Å². The Kier molecular flexibility index (Phi) is 8.58. The first-order chi connectivity index (χ1) is 13.8. The van der Waals surface area contributed by atoms with Gasteiger partial charge in [0.25, 0.3) is 0 Å². The van der Waals surface area contributed by atoms with E-state index in [1.165, 1.54) is 12.2 Å². The van der Waals surface area contributed by atoms with Crippen molar-refractivity contribution in [1.82, 2.24) is 4.90 Å². The summed E-state index contributed by atoms with van der Waals surface area (Å²) in [5.41, 5.74) is 0. The van der Waals surface area contributed by atoms with Gasteiger partial charge in [0.15, 0.2) is 6.10 Å². The highest BCUT2D eigenvalue weighted by atomic mass is 32.2. The third-order valence-corrected chi connectivity index (χ3v) is 6.64. The van der Waals surface area contributed by atoms with Crippen LogP contribution in [-0.4, -0.2) is 71.6 Å². The van der Waals surface area contributed by atoms with Gasteiger partial charge in [-0.15, -0.1) is 11.8 Å². The first-order valence-electron chi connectivity index (χ1n) is 9.66. The minimum Gasteiger partial charge on any atom is -0.460 e. The van der Waals surface area contributed by atoms with Gasteiger partial charge >= 0.3 is 12.1 Å². The highest BCUT2D eigenvalue weighted by molar-refractivity contribution is 8.01. The molecule has 6 atom stereocenters. The van der Waals surface area contributed by atoms with Gasteiger partial charge in [-0.05, 0) is 20.3 Å². The molecular weight excluding hydrogens is 398 g/mol. The molecule has 2 aliphatic heterocycles. The Balaban J connectivity index is 1.88. The smallest absolute Gasteiger partial charge is 0.460 e. The number of ether oxygens (including phenoxy) is 4. The van der Waals surface area contributed by atoms with E-state index in [0.29, 0.717) is 13.0 Å². The summed E-state index contributed by atoms with van der Waals surface area (Å²) in [6, 6.07) is -0.0460. The van der Waals surface area contributed by atoms with E-state index in [1.54, 1.807) is 23.6 Å². The van der Waals surface area contributed by atoms with Gasteiger partial charge in [0.05, 0.1) is 17.2 Å². The summed E-state index contributed by atoms with van der Waals surface area (Å²) in [6.07, 6.45) is 1.38. The summed E-state index contributed by atoms with van der Waals surface area (Å²) in [4.78, 5) is 38.0. The van der Waals surface area contributed by atoms with Crippen molar-refractivity contribution in [2.24, 2.45) is 5.92 Å². The largest absolute Gasteiger partial charge is 0.508 e. The number of rotatable bonds is 11. The van der Waals surface area contributed by atoms with Crippen molar-refractivity contribution in [1.29, 1.82) is 0 Å². The second kappa shape index (κ2) is 10.7. The molecule has 3 unspecified atom stereocenters. The lowest BCUT2D eigenvalue weighted by Crippen LogP contribution is -2.63. The number of esters is 1. The Morgan fingerprint density at radius 3 is 2.52 bits per heavy atom. The van der Waals surface area contributed by atoms with Crippen LogP contribution in [0.1, 0.15) is 27.2 Å². The normalized spacial score (nSPS) is 27.3. The fourth-order valence-electron chi connectivity index (χ4n) is 3.36. The molecule has 29 heavy (non-hydrogen) atoms. The van der Waals surface area contributed by atoms with E-state index in [2.05, 4.69) is 13.2 Å². The van der Waals surface area contributed by atoms with Crippen LogP contribution in [0, 0.1) is 5.92 Å². The van der Waals surface area contributed by atoms with E-state index < -0.39 is 30.3 Å². The number of nitrogens with zero attached hydrogens (tertiary/aromatic N) is 1. The van der Waals surface area contributed by atoms with Crippen LogP contribution in [0.4, 0.5) is 4.79 Å². The predicted octanol–water partition coefficient (Wildman–Crippen LogP) is 2.53. The maximum absolute atomic E-state index is 12.6. The predicted molar refractivity (Wildman–Crippen MR) is 108 cm³/mol.